The summed E-state index contributed by atoms with van der Waals surface area (Å²) in [4.78, 5) is 10.4. The lowest BCUT2D eigenvalue weighted by atomic mass is 9.90. The van der Waals surface area contributed by atoms with Gasteiger partial charge in [0.15, 0.2) is 0 Å². The largest absolute Gasteiger partial charge is 0.497 e. The van der Waals surface area contributed by atoms with Crippen LogP contribution in [0.3, 0.4) is 0 Å². The number of H-pyrrole nitrogens is 1. The van der Waals surface area contributed by atoms with Gasteiger partial charge in [0.2, 0.25) is 0 Å². The van der Waals surface area contributed by atoms with E-state index in [2.05, 4.69) is 52.1 Å². The molecule has 0 aliphatic carbocycles. The van der Waals surface area contributed by atoms with Gasteiger partial charge in [-0.15, -0.1) is 0 Å². The normalized spacial score (nSPS) is 16.8. The number of rotatable bonds is 5. The van der Waals surface area contributed by atoms with Crippen molar-refractivity contribution in [2.45, 2.75) is 25.9 Å². The van der Waals surface area contributed by atoms with E-state index in [1.807, 2.05) is 12.1 Å². The first-order valence-corrected chi connectivity index (χ1v) is 9.20. The maximum absolute atomic E-state index is 5.49. The number of ether oxygens (including phenoxy) is 2. The number of nitrogens with one attached hydrogen (secondary N) is 1. The summed E-state index contributed by atoms with van der Waals surface area (Å²) in [5.74, 6) is 2.04. The van der Waals surface area contributed by atoms with Crippen LogP contribution in [0.1, 0.15) is 34.0 Å². The zero-order valence-electron chi connectivity index (χ0n) is 16.0. The highest BCUT2D eigenvalue weighted by atomic mass is 16.5. The Hall–Kier alpha value is -2.79. The number of aromatic amines is 1. The van der Waals surface area contributed by atoms with Gasteiger partial charge in [0.25, 0.3) is 0 Å². The second-order valence-corrected chi connectivity index (χ2v) is 7.07. The second-order valence-electron chi connectivity index (χ2n) is 7.07. The average Bonchev–Trinajstić information content (AvgIpc) is 3.17. The number of aromatic nitrogens is 2. The van der Waals surface area contributed by atoms with Gasteiger partial charge in [-0.2, -0.15) is 0 Å². The molecule has 0 saturated heterocycles. The standard InChI is InChI=1S/C22H25N3O2/c1-15-7-8-16(9-21(15)27-3)11-25-12-19(22-20(13-25)23-14-24-22)17-5-4-6-18(10-17)26-2/h4-10,14,19H,11-13H2,1-3H3,(H,23,24). The lowest BCUT2D eigenvalue weighted by molar-refractivity contribution is 0.227. The Morgan fingerprint density at radius 3 is 2.85 bits per heavy atom. The molecule has 2 heterocycles. The highest BCUT2D eigenvalue weighted by molar-refractivity contribution is 5.39. The summed E-state index contributed by atoms with van der Waals surface area (Å²) in [6.07, 6.45) is 1.80. The molecule has 1 aliphatic rings. The Kier molecular flexibility index (Phi) is 4.86. The summed E-state index contributed by atoms with van der Waals surface area (Å²) in [7, 11) is 3.43. The highest BCUT2D eigenvalue weighted by Gasteiger charge is 2.29. The van der Waals surface area contributed by atoms with Crippen molar-refractivity contribution in [1.29, 1.82) is 0 Å². The van der Waals surface area contributed by atoms with E-state index in [0.29, 0.717) is 0 Å². The molecule has 1 atom stereocenters. The molecule has 5 heteroatoms. The zero-order chi connectivity index (χ0) is 18.8. The average molecular weight is 363 g/mol. The minimum absolute atomic E-state index is 0.224. The predicted molar refractivity (Wildman–Crippen MR) is 105 cm³/mol. The summed E-state index contributed by atoms with van der Waals surface area (Å²) in [6.45, 7) is 4.72. The van der Waals surface area contributed by atoms with Gasteiger partial charge in [-0.25, -0.2) is 4.98 Å². The van der Waals surface area contributed by atoms with E-state index >= 15 is 0 Å². The van der Waals surface area contributed by atoms with Crippen molar-refractivity contribution in [2.24, 2.45) is 0 Å². The van der Waals surface area contributed by atoms with Crippen LogP contribution >= 0.6 is 0 Å². The van der Waals surface area contributed by atoms with E-state index in [1.165, 1.54) is 16.8 Å². The fraction of sp³-hybridized carbons (Fsp3) is 0.318. The fourth-order valence-corrected chi connectivity index (χ4v) is 3.85. The summed E-state index contributed by atoms with van der Waals surface area (Å²) in [5, 5.41) is 0. The van der Waals surface area contributed by atoms with Crippen LogP contribution in [-0.4, -0.2) is 35.6 Å². The second kappa shape index (κ2) is 7.45. The van der Waals surface area contributed by atoms with Crippen LogP contribution in [0, 0.1) is 6.92 Å². The van der Waals surface area contributed by atoms with Gasteiger partial charge in [0.1, 0.15) is 11.5 Å². The van der Waals surface area contributed by atoms with Crippen LogP contribution in [0.2, 0.25) is 0 Å². The third-order valence-corrected chi connectivity index (χ3v) is 5.28. The van der Waals surface area contributed by atoms with Crippen molar-refractivity contribution in [3.05, 3.63) is 76.9 Å². The van der Waals surface area contributed by atoms with Gasteiger partial charge >= 0.3 is 0 Å². The molecule has 0 saturated carbocycles. The first-order valence-electron chi connectivity index (χ1n) is 9.20. The summed E-state index contributed by atoms with van der Waals surface area (Å²) >= 11 is 0. The first-order chi connectivity index (χ1) is 13.2. The molecule has 0 fully saturated rings. The van der Waals surface area contributed by atoms with Gasteiger partial charge in [-0.1, -0.05) is 24.3 Å². The first kappa shape index (κ1) is 17.6. The topological polar surface area (TPSA) is 50.4 Å². The van der Waals surface area contributed by atoms with E-state index in [9.17, 15) is 0 Å². The Balaban J connectivity index is 1.61. The van der Waals surface area contributed by atoms with Crippen molar-refractivity contribution in [3.63, 3.8) is 0 Å². The molecular weight excluding hydrogens is 338 g/mol. The minimum Gasteiger partial charge on any atom is -0.497 e. The predicted octanol–water partition coefficient (Wildman–Crippen LogP) is 3.88. The monoisotopic (exact) mass is 363 g/mol. The van der Waals surface area contributed by atoms with Gasteiger partial charge < -0.3 is 14.5 Å². The van der Waals surface area contributed by atoms with Crippen molar-refractivity contribution in [2.75, 3.05) is 20.8 Å². The fourth-order valence-electron chi connectivity index (χ4n) is 3.85. The number of hydrogen-bond acceptors (Lipinski definition) is 4. The molecule has 1 N–H and O–H groups in total. The van der Waals surface area contributed by atoms with E-state index in [1.54, 1.807) is 20.5 Å². The lowest BCUT2D eigenvalue weighted by Gasteiger charge is -2.32. The van der Waals surface area contributed by atoms with Crippen LogP contribution in [0.4, 0.5) is 0 Å². The maximum Gasteiger partial charge on any atom is 0.122 e. The smallest absolute Gasteiger partial charge is 0.122 e. The maximum atomic E-state index is 5.49. The quantitative estimate of drug-likeness (QED) is 0.747. The van der Waals surface area contributed by atoms with Crippen molar-refractivity contribution < 1.29 is 9.47 Å². The molecule has 140 valence electrons. The SMILES string of the molecule is COc1cccc(C2CN(Cc3ccc(C)c(OC)c3)Cc3[nH]cnc32)c1. The Bertz CT molecular complexity index is 935. The molecule has 0 spiro atoms. The molecule has 1 unspecified atom stereocenters. The molecule has 0 bridgehead atoms. The Labute approximate surface area is 160 Å². The molecule has 0 radical (unpaired) electrons. The van der Waals surface area contributed by atoms with E-state index in [4.69, 9.17) is 9.47 Å². The third kappa shape index (κ3) is 3.55. The molecule has 2 aromatic carbocycles. The highest BCUT2D eigenvalue weighted by Crippen LogP contribution is 2.34. The van der Waals surface area contributed by atoms with Crippen molar-refractivity contribution >= 4 is 0 Å². The van der Waals surface area contributed by atoms with Crippen LogP contribution in [0.5, 0.6) is 11.5 Å². The van der Waals surface area contributed by atoms with Gasteiger partial charge in [-0.05, 0) is 41.8 Å². The van der Waals surface area contributed by atoms with E-state index < -0.39 is 0 Å². The van der Waals surface area contributed by atoms with E-state index in [-0.39, 0.29) is 5.92 Å². The van der Waals surface area contributed by atoms with E-state index in [0.717, 1.165) is 42.4 Å². The molecule has 3 aromatic rings. The number of imidazole rings is 1. The van der Waals surface area contributed by atoms with Crippen molar-refractivity contribution in [3.8, 4) is 11.5 Å². The number of nitrogens with zero attached hydrogens (tertiary/aromatic N) is 2. The minimum atomic E-state index is 0.224. The van der Waals surface area contributed by atoms with Gasteiger partial charge in [0, 0.05) is 25.6 Å². The number of methoxy groups -OCH3 is 2. The van der Waals surface area contributed by atoms with Crippen LogP contribution in [-0.2, 0) is 13.1 Å². The van der Waals surface area contributed by atoms with Crippen LogP contribution in [0.25, 0.3) is 0 Å². The van der Waals surface area contributed by atoms with Crippen molar-refractivity contribution in [1.82, 2.24) is 14.9 Å². The molecule has 5 nitrogen and oxygen atoms in total. The van der Waals surface area contributed by atoms with Gasteiger partial charge in [-0.3, -0.25) is 4.90 Å². The number of hydrogen-bond donors (Lipinski definition) is 1. The molecule has 27 heavy (non-hydrogen) atoms. The molecule has 0 amide bonds. The number of fused-ring (bicyclic) bond motifs is 1. The molecule has 1 aliphatic heterocycles. The Morgan fingerprint density at radius 1 is 1.15 bits per heavy atom. The summed E-state index contributed by atoms with van der Waals surface area (Å²) < 4.78 is 10.9. The third-order valence-electron chi connectivity index (χ3n) is 5.28. The molecule has 1 aromatic heterocycles. The Morgan fingerprint density at radius 2 is 2.04 bits per heavy atom. The van der Waals surface area contributed by atoms with Crippen LogP contribution < -0.4 is 9.47 Å². The molecule has 4 rings (SSSR count). The van der Waals surface area contributed by atoms with Crippen LogP contribution in [0.15, 0.2) is 48.8 Å². The zero-order valence-corrected chi connectivity index (χ0v) is 16.0. The van der Waals surface area contributed by atoms with Gasteiger partial charge in [0.05, 0.1) is 31.9 Å². The number of benzene rings is 2. The summed E-state index contributed by atoms with van der Waals surface area (Å²) in [6, 6.07) is 14.7. The number of aryl methyl sites for hydroxylation is 1. The summed E-state index contributed by atoms with van der Waals surface area (Å²) in [5.41, 5.74) is 5.97. The lowest BCUT2D eigenvalue weighted by Crippen LogP contribution is -2.33. The molecular formula is C22H25N3O2.